The van der Waals surface area contributed by atoms with Crippen LogP contribution in [0.4, 0.5) is 5.69 Å². The monoisotopic (exact) mass is 325 g/mol. The fourth-order valence-electron chi connectivity index (χ4n) is 2.69. The number of anilines is 1. The molecule has 1 atom stereocenters. The van der Waals surface area contributed by atoms with Crippen molar-refractivity contribution in [2.45, 2.75) is 32.4 Å². The molecule has 1 aliphatic heterocycles. The van der Waals surface area contributed by atoms with Crippen molar-refractivity contribution in [1.29, 1.82) is 0 Å². The predicted octanol–water partition coefficient (Wildman–Crippen LogP) is 2.91. The van der Waals surface area contributed by atoms with Gasteiger partial charge >= 0.3 is 0 Å². The molecule has 0 saturated carbocycles. The van der Waals surface area contributed by atoms with Gasteiger partial charge in [-0.1, -0.05) is 29.8 Å². The third kappa shape index (κ3) is 4.55. The van der Waals surface area contributed by atoms with E-state index in [-0.39, 0.29) is 12.0 Å². The van der Waals surface area contributed by atoms with Gasteiger partial charge in [-0.15, -0.1) is 0 Å². The lowest BCUT2D eigenvalue weighted by atomic mass is 10.1. The summed E-state index contributed by atoms with van der Waals surface area (Å²) in [7, 11) is 0. The van der Waals surface area contributed by atoms with Crippen LogP contribution in [0.5, 0.6) is 0 Å². The highest BCUT2D eigenvalue weighted by Crippen LogP contribution is 2.14. The zero-order chi connectivity index (χ0) is 16.8. The number of aryl methyl sites for hydroxylation is 1. The van der Waals surface area contributed by atoms with Crippen LogP contribution < -0.4 is 10.6 Å². The Kier molecular flexibility index (Phi) is 5.43. The van der Waals surface area contributed by atoms with E-state index in [1.54, 1.807) is 12.4 Å². The van der Waals surface area contributed by atoms with E-state index in [2.05, 4.69) is 15.6 Å². The van der Waals surface area contributed by atoms with E-state index in [1.165, 1.54) is 5.56 Å². The molecule has 1 fully saturated rings. The maximum atomic E-state index is 12.3. The normalized spacial score (nSPS) is 16.8. The number of aromatic nitrogens is 1. The van der Waals surface area contributed by atoms with Gasteiger partial charge in [-0.25, -0.2) is 0 Å². The third-order valence-corrected chi connectivity index (χ3v) is 4.13. The molecule has 0 aliphatic carbocycles. The summed E-state index contributed by atoms with van der Waals surface area (Å²) >= 11 is 0. The lowest BCUT2D eigenvalue weighted by Gasteiger charge is -2.12. The van der Waals surface area contributed by atoms with Crippen molar-refractivity contribution in [3.05, 3.63) is 59.4 Å². The summed E-state index contributed by atoms with van der Waals surface area (Å²) in [5.74, 6) is -0.121. The fourth-order valence-corrected chi connectivity index (χ4v) is 2.69. The average Bonchev–Trinajstić information content (AvgIpc) is 3.13. The number of carbonyl (C=O) groups is 1. The first-order valence-corrected chi connectivity index (χ1v) is 8.35. The average molecular weight is 325 g/mol. The summed E-state index contributed by atoms with van der Waals surface area (Å²) in [6.45, 7) is 4.14. The molecule has 1 aromatic carbocycles. The molecule has 5 nitrogen and oxygen atoms in total. The van der Waals surface area contributed by atoms with Crippen molar-refractivity contribution in [3.63, 3.8) is 0 Å². The second kappa shape index (κ2) is 7.93. The molecule has 1 aliphatic rings. The maximum Gasteiger partial charge on any atom is 0.253 e. The van der Waals surface area contributed by atoms with Crippen LogP contribution in [0.2, 0.25) is 0 Å². The van der Waals surface area contributed by atoms with Gasteiger partial charge in [0.25, 0.3) is 5.91 Å². The van der Waals surface area contributed by atoms with Crippen LogP contribution in [0.25, 0.3) is 0 Å². The van der Waals surface area contributed by atoms with Crippen molar-refractivity contribution >= 4 is 11.6 Å². The Balaban J connectivity index is 1.54. The largest absolute Gasteiger partial charge is 0.381 e. The van der Waals surface area contributed by atoms with Crippen LogP contribution in [0.1, 0.15) is 34.3 Å². The molecule has 5 heteroatoms. The van der Waals surface area contributed by atoms with Crippen LogP contribution in [0.15, 0.2) is 42.7 Å². The van der Waals surface area contributed by atoms with Crippen molar-refractivity contribution in [3.8, 4) is 0 Å². The first-order chi connectivity index (χ1) is 11.7. The molecule has 1 saturated heterocycles. The van der Waals surface area contributed by atoms with Crippen LogP contribution >= 0.6 is 0 Å². The molecule has 1 unspecified atom stereocenters. The number of benzene rings is 1. The summed E-state index contributed by atoms with van der Waals surface area (Å²) in [5.41, 5.74) is 3.68. The zero-order valence-electron chi connectivity index (χ0n) is 13.9. The van der Waals surface area contributed by atoms with E-state index < -0.39 is 0 Å². The second-order valence-electron chi connectivity index (χ2n) is 6.15. The van der Waals surface area contributed by atoms with Gasteiger partial charge in [-0.2, -0.15) is 0 Å². The number of nitrogens with zero attached hydrogens (tertiary/aromatic N) is 1. The minimum Gasteiger partial charge on any atom is -0.381 e. The van der Waals surface area contributed by atoms with Crippen LogP contribution in [0.3, 0.4) is 0 Å². The molecule has 24 heavy (non-hydrogen) atoms. The SMILES string of the molecule is Cc1ccc(CNC(=O)c2cncc(NCC3CCCO3)c2)cc1. The van der Waals surface area contributed by atoms with Crippen molar-refractivity contribution in [2.24, 2.45) is 0 Å². The number of ether oxygens (including phenoxy) is 1. The van der Waals surface area contributed by atoms with E-state index in [0.29, 0.717) is 12.1 Å². The summed E-state index contributed by atoms with van der Waals surface area (Å²) in [6, 6.07) is 9.95. The van der Waals surface area contributed by atoms with Crippen LogP contribution in [0, 0.1) is 6.92 Å². The van der Waals surface area contributed by atoms with E-state index in [0.717, 1.165) is 37.2 Å². The highest BCUT2D eigenvalue weighted by atomic mass is 16.5. The van der Waals surface area contributed by atoms with Crippen molar-refractivity contribution < 1.29 is 9.53 Å². The Bertz CT molecular complexity index is 679. The molecule has 2 aromatic rings. The van der Waals surface area contributed by atoms with Gasteiger partial charge in [0.15, 0.2) is 0 Å². The second-order valence-corrected chi connectivity index (χ2v) is 6.15. The number of nitrogens with one attached hydrogen (secondary N) is 2. The molecule has 2 N–H and O–H groups in total. The molecular formula is C19H23N3O2. The predicted molar refractivity (Wildman–Crippen MR) is 94.0 cm³/mol. The lowest BCUT2D eigenvalue weighted by molar-refractivity contribution is 0.0950. The number of amides is 1. The Morgan fingerprint density at radius 3 is 2.88 bits per heavy atom. The molecule has 1 amide bonds. The van der Waals surface area contributed by atoms with Gasteiger partial charge in [-0.05, 0) is 31.4 Å². The zero-order valence-corrected chi connectivity index (χ0v) is 13.9. The van der Waals surface area contributed by atoms with Gasteiger partial charge in [-0.3, -0.25) is 9.78 Å². The molecule has 0 radical (unpaired) electrons. The highest BCUT2D eigenvalue weighted by molar-refractivity contribution is 5.94. The first-order valence-electron chi connectivity index (χ1n) is 8.35. The summed E-state index contributed by atoms with van der Waals surface area (Å²) in [6.07, 6.45) is 5.76. The number of carbonyl (C=O) groups excluding carboxylic acids is 1. The summed E-state index contributed by atoms with van der Waals surface area (Å²) in [5, 5.41) is 6.22. The number of pyridine rings is 1. The fraction of sp³-hybridized carbons (Fsp3) is 0.368. The number of hydrogen-bond acceptors (Lipinski definition) is 4. The van der Waals surface area contributed by atoms with Crippen LogP contribution in [-0.4, -0.2) is 30.1 Å². The standard InChI is InChI=1S/C19H23N3O2/c1-14-4-6-15(7-5-14)10-22-19(23)16-9-17(12-20-11-16)21-13-18-3-2-8-24-18/h4-7,9,11-12,18,21H,2-3,8,10,13H2,1H3,(H,22,23). The lowest BCUT2D eigenvalue weighted by Crippen LogP contribution is -2.23. The minimum atomic E-state index is -0.121. The van der Waals surface area contributed by atoms with E-state index in [1.807, 2.05) is 37.3 Å². The van der Waals surface area contributed by atoms with Gasteiger partial charge < -0.3 is 15.4 Å². The highest BCUT2D eigenvalue weighted by Gasteiger charge is 2.15. The Labute approximate surface area is 142 Å². The molecule has 1 aromatic heterocycles. The van der Waals surface area contributed by atoms with Crippen molar-refractivity contribution in [2.75, 3.05) is 18.5 Å². The van der Waals surface area contributed by atoms with Gasteiger partial charge in [0, 0.05) is 32.1 Å². The minimum absolute atomic E-state index is 0.121. The van der Waals surface area contributed by atoms with Crippen molar-refractivity contribution in [1.82, 2.24) is 10.3 Å². The number of hydrogen-bond donors (Lipinski definition) is 2. The summed E-state index contributed by atoms with van der Waals surface area (Å²) < 4.78 is 5.59. The third-order valence-electron chi connectivity index (χ3n) is 4.13. The molecule has 3 rings (SSSR count). The first kappa shape index (κ1) is 16.5. The Morgan fingerprint density at radius 1 is 1.29 bits per heavy atom. The van der Waals surface area contributed by atoms with E-state index >= 15 is 0 Å². The molecule has 0 bridgehead atoms. The molecular weight excluding hydrogens is 302 g/mol. The Morgan fingerprint density at radius 2 is 2.12 bits per heavy atom. The van der Waals surface area contributed by atoms with Crippen LogP contribution in [-0.2, 0) is 11.3 Å². The molecule has 126 valence electrons. The Hall–Kier alpha value is -2.40. The smallest absolute Gasteiger partial charge is 0.253 e. The van der Waals surface area contributed by atoms with E-state index in [4.69, 9.17) is 4.74 Å². The molecule has 0 spiro atoms. The van der Waals surface area contributed by atoms with Gasteiger partial charge in [0.1, 0.15) is 0 Å². The maximum absolute atomic E-state index is 12.3. The topological polar surface area (TPSA) is 63.2 Å². The molecule has 2 heterocycles. The summed E-state index contributed by atoms with van der Waals surface area (Å²) in [4.78, 5) is 16.4. The quantitative estimate of drug-likeness (QED) is 0.857. The van der Waals surface area contributed by atoms with Gasteiger partial charge in [0.2, 0.25) is 0 Å². The van der Waals surface area contributed by atoms with Gasteiger partial charge in [0.05, 0.1) is 17.4 Å². The van der Waals surface area contributed by atoms with E-state index in [9.17, 15) is 4.79 Å². The number of rotatable bonds is 6.